The van der Waals surface area contributed by atoms with Gasteiger partial charge in [-0.15, -0.1) is 0 Å². The molecular formula is C13H26N2O5S. The number of carboxylic acids is 1. The molecule has 8 heteroatoms. The number of carbonyl (C=O) groups is 1. The molecule has 1 fully saturated rings. The molecular weight excluding hydrogens is 296 g/mol. The number of methoxy groups -OCH3 is 1. The van der Waals surface area contributed by atoms with Crippen molar-refractivity contribution in [1.29, 1.82) is 0 Å². The van der Waals surface area contributed by atoms with Crippen LogP contribution in [-0.2, 0) is 19.6 Å². The Balaban J connectivity index is 2.45. The van der Waals surface area contributed by atoms with E-state index in [2.05, 4.69) is 4.72 Å². The first-order valence-corrected chi connectivity index (χ1v) is 8.75. The molecule has 0 spiro atoms. The fourth-order valence-electron chi connectivity index (χ4n) is 2.47. The number of likely N-dealkylation sites (N-methyl/N-ethyl adjacent to an activating group) is 1. The number of nitrogens with zero attached hydrogens (tertiary/aromatic N) is 1. The van der Waals surface area contributed by atoms with E-state index >= 15 is 0 Å². The molecule has 0 aromatic carbocycles. The SMILES string of the molecule is CCN(CC(=O)O)C1CC(NS(=O)(=O)CC(C)(C)OC)C1. The van der Waals surface area contributed by atoms with Crippen LogP contribution in [0.2, 0.25) is 0 Å². The van der Waals surface area contributed by atoms with Crippen molar-refractivity contribution in [3.8, 4) is 0 Å². The summed E-state index contributed by atoms with van der Waals surface area (Å²) >= 11 is 0. The van der Waals surface area contributed by atoms with Crippen molar-refractivity contribution in [2.75, 3.05) is 26.0 Å². The van der Waals surface area contributed by atoms with Gasteiger partial charge in [0.25, 0.3) is 0 Å². The minimum Gasteiger partial charge on any atom is -0.480 e. The van der Waals surface area contributed by atoms with Crippen LogP contribution in [0, 0.1) is 0 Å². The average molecular weight is 322 g/mol. The minimum absolute atomic E-state index is 0.00264. The van der Waals surface area contributed by atoms with E-state index < -0.39 is 21.6 Å². The maximum atomic E-state index is 12.0. The Morgan fingerprint density at radius 2 is 2.00 bits per heavy atom. The van der Waals surface area contributed by atoms with E-state index in [-0.39, 0.29) is 24.4 Å². The maximum absolute atomic E-state index is 12.0. The molecule has 1 rings (SSSR count). The first kappa shape index (κ1) is 18.3. The lowest BCUT2D eigenvalue weighted by Crippen LogP contribution is -2.55. The number of ether oxygens (including phenoxy) is 1. The Kier molecular flexibility index (Phi) is 6.15. The molecule has 124 valence electrons. The van der Waals surface area contributed by atoms with Crippen molar-refractivity contribution in [1.82, 2.24) is 9.62 Å². The Bertz CT molecular complexity index is 457. The van der Waals surface area contributed by atoms with Crippen LogP contribution in [-0.4, -0.2) is 68.0 Å². The topological polar surface area (TPSA) is 95.9 Å². The second kappa shape index (κ2) is 7.04. The molecule has 0 aromatic rings. The Morgan fingerprint density at radius 1 is 1.43 bits per heavy atom. The molecule has 1 aliphatic rings. The highest BCUT2D eigenvalue weighted by Crippen LogP contribution is 2.26. The molecule has 0 aliphatic heterocycles. The summed E-state index contributed by atoms with van der Waals surface area (Å²) in [5, 5.41) is 8.82. The zero-order chi connectivity index (χ0) is 16.3. The summed E-state index contributed by atoms with van der Waals surface area (Å²) in [5.74, 6) is -0.952. The van der Waals surface area contributed by atoms with Gasteiger partial charge in [-0.05, 0) is 33.2 Å². The third kappa shape index (κ3) is 5.90. The number of hydrogen-bond donors (Lipinski definition) is 2. The predicted molar refractivity (Wildman–Crippen MR) is 79.7 cm³/mol. The van der Waals surface area contributed by atoms with Crippen LogP contribution in [0.5, 0.6) is 0 Å². The van der Waals surface area contributed by atoms with E-state index in [1.165, 1.54) is 7.11 Å². The van der Waals surface area contributed by atoms with Gasteiger partial charge in [-0.1, -0.05) is 6.92 Å². The van der Waals surface area contributed by atoms with Crippen LogP contribution < -0.4 is 4.72 Å². The van der Waals surface area contributed by atoms with Crippen molar-refractivity contribution < 1.29 is 23.1 Å². The maximum Gasteiger partial charge on any atom is 0.317 e. The number of sulfonamides is 1. The van der Waals surface area contributed by atoms with Crippen LogP contribution >= 0.6 is 0 Å². The average Bonchev–Trinajstić information content (AvgIpc) is 2.29. The highest BCUT2D eigenvalue weighted by atomic mass is 32.2. The zero-order valence-corrected chi connectivity index (χ0v) is 13.9. The lowest BCUT2D eigenvalue weighted by Gasteiger charge is -2.42. The predicted octanol–water partition coefficient (Wildman–Crippen LogP) is 0.268. The summed E-state index contributed by atoms with van der Waals surface area (Å²) in [5.41, 5.74) is -0.728. The van der Waals surface area contributed by atoms with Gasteiger partial charge >= 0.3 is 5.97 Å². The molecule has 0 unspecified atom stereocenters. The van der Waals surface area contributed by atoms with Crippen LogP contribution in [0.3, 0.4) is 0 Å². The second-order valence-corrected chi connectivity index (χ2v) is 7.87. The van der Waals surface area contributed by atoms with Crippen LogP contribution in [0.4, 0.5) is 0 Å². The molecule has 0 amide bonds. The molecule has 0 atom stereocenters. The zero-order valence-electron chi connectivity index (χ0n) is 13.1. The van der Waals surface area contributed by atoms with Gasteiger partial charge in [0.2, 0.25) is 10.0 Å². The lowest BCUT2D eigenvalue weighted by atomic mass is 9.86. The molecule has 21 heavy (non-hydrogen) atoms. The molecule has 0 heterocycles. The third-order valence-electron chi connectivity index (χ3n) is 3.81. The molecule has 2 N–H and O–H groups in total. The normalized spacial score (nSPS) is 23.1. The summed E-state index contributed by atoms with van der Waals surface area (Å²) < 4.78 is 31.9. The van der Waals surface area contributed by atoms with Crippen LogP contribution in [0.15, 0.2) is 0 Å². The largest absolute Gasteiger partial charge is 0.480 e. The molecule has 7 nitrogen and oxygen atoms in total. The van der Waals surface area contributed by atoms with Gasteiger partial charge in [-0.2, -0.15) is 0 Å². The molecule has 0 saturated heterocycles. The first-order valence-electron chi connectivity index (χ1n) is 7.09. The van der Waals surface area contributed by atoms with Gasteiger partial charge in [0, 0.05) is 19.2 Å². The van der Waals surface area contributed by atoms with Gasteiger partial charge in [0.05, 0.1) is 17.9 Å². The monoisotopic (exact) mass is 322 g/mol. The molecule has 1 aliphatic carbocycles. The van der Waals surface area contributed by atoms with E-state index in [0.29, 0.717) is 19.4 Å². The van der Waals surface area contributed by atoms with E-state index in [1.807, 2.05) is 11.8 Å². The quantitative estimate of drug-likeness (QED) is 0.632. The summed E-state index contributed by atoms with van der Waals surface area (Å²) in [4.78, 5) is 12.6. The number of aliphatic carboxylic acids is 1. The molecule has 0 radical (unpaired) electrons. The minimum atomic E-state index is -3.40. The van der Waals surface area contributed by atoms with Crippen molar-refractivity contribution in [3.05, 3.63) is 0 Å². The number of rotatable bonds is 9. The first-order chi connectivity index (χ1) is 9.58. The van der Waals surface area contributed by atoms with Crippen LogP contribution in [0.25, 0.3) is 0 Å². The highest BCUT2D eigenvalue weighted by molar-refractivity contribution is 7.89. The molecule has 1 saturated carbocycles. The summed E-state index contributed by atoms with van der Waals surface area (Å²) in [6.07, 6.45) is 1.29. The van der Waals surface area contributed by atoms with Crippen molar-refractivity contribution in [3.63, 3.8) is 0 Å². The van der Waals surface area contributed by atoms with E-state index in [1.54, 1.807) is 13.8 Å². The van der Waals surface area contributed by atoms with E-state index in [9.17, 15) is 13.2 Å². The summed E-state index contributed by atoms with van der Waals surface area (Å²) in [6.45, 7) is 6.00. The Hall–Kier alpha value is -0.700. The second-order valence-electron chi connectivity index (χ2n) is 6.12. The molecule has 0 aromatic heterocycles. The fourth-order valence-corrected chi connectivity index (χ4v) is 4.28. The summed E-state index contributed by atoms with van der Waals surface area (Å²) in [7, 11) is -1.91. The number of nitrogens with one attached hydrogen (secondary N) is 1. The third-order valence-corrected chi connectivity index (χ3v) is 5.58. The van der Waals surface area contributed by atoms with E-state index in [4.69, 9.17) is 9.84 Å². The van der Waals surface area contributed by atoms with Gasteiger partial charge in [-0.25, -0.2) is 13.1 Å². The van der Waals surface area contributed by atoms with Gasteiger partial charge < -0.3 is 9.84 Å². The van der Waals surface area contributed by atoms with Crippen molar-refractivity contribution in [2.24, 2.45) is 0 Å². The fraction of sp³-hybridized carbons (Fsp3) is 0.923. The molecule has 0 bridgehead atoms. The Labute approximate surface area is 126 Å². The van der Waals surface area contributed by atoms with Crippen molar-refractivity contribution in [2.45, 2.75) is 51.3 Å². The van der Waals surface area contributed by atoms with Crippen LogP contribution in [0.1, 0.15) is 33.6 Å². The van der Waals surface area contributed by atoms with Gasteiger partial charge in [-0.3, -0.25) is 9.69 Å². The highest BCUT2D eigenvalue weighted by Gasteiger charge is 2.37. The number of hydrogen-bond acceptors (Lipinski definition) is 5. The number of carboxylic acid groups (broad SMARTS) is 1. The van der Waals surface area contributed by atoms with Gasteiger partial charge in [0.1, 0.15) is 0 Å². The Morgan fingerprint density at radius 3 is 2.43 bits per heavy atom. The smallest absolute Gasteiger partial charge is 0.317 e. The summed E-state index contributed by atoms with van der Waals surface area (Å²) in [6, 6.07) is 0.0183. The standard InChI is InChI=1S/C13H26N2O5S/c1-5-15(8-12(16)17)11-6-10(7-11)14-21(18,19)9-13(2,3)20-4/h10-11,14H,5-9H2,1-4H3,(H,16,17). The van der Waals surface area contributed by atoms with Crippen molar-refractivity contribution >= 4 is 16.0 Å². The van der Waals surface area contributed by atoms with E-state index in [0.717, 1.165) is 0 Å². The van der Waals surface area contributed by atoms with Gasteiger partial charge in [0.15, 0.2) is 0 Å². The lowest BCUT2D eigenvalue weighted by molar-refractivity contribution is -0.139.